The number of Topliss-reactive ketones (excluding diaryl/α,β-unsaturated/α-hetero) is 2. The molecule has 4 N–H and O–H groups in total. The van der Waals surface area contributed by atoms with Gasteiger partial charge in [0.15, 0.2) is 5.70 Å². The van der Waals surface area contributed by atoms with Crippen molar-refractivity contribution in [2.45, 2.75) is 6.92 Å². The first kappa shape index (κ1) is 9.97. The van der Waals surface area contributed by atoms with Gasteiger partial charge in [-0.05, 0) is 6.92 Å². The van der Waals surface area contributed by atoms with Crippen LogP contribution in [-0.2, 0) is 9.59 Å². The molecule has 6 nitrogen and oxygen atoms in total. The molecule has 1 rings (SSSR count). The molecule has 0 saturated carbocycles. The molecule has 0 atom stereocenters. The second kappa shape index (κ2) is 2.99. The van der Waals surface area contributed by atoms with Crippen LogP contribution in [0, 0.1) is 5.21 Å². The fourth-order valence-electron chi connectivity index (χ4n) is 1.17. The van der Waals surface area contributed by atoms with Crippen LogP contribution in [0.4, 0.5) is 0 Å². The molecule has 0 saturated heterocycles. The molecule has 0 radical (unpaired) electrons. The lowest BCUT2D eigenvalue weighted by atomic mass is 9.97. The molecule has 6 heteroatoms. The Morgan fingerprint density at radius 3 is 2.07 bits per heavy atom. The van der Waals surface area contributed by atoms with Gasteiger partial charge in [-0.3, -0.25) is 9.59 Å². The van der Waals surface area contributed by atoms with E-state index in [1.54, 1.807) is 0 Å². The number of carbonyl (C=O) groups excluding carboxylic acids is 2. The minimum atomic E-state index is -0.965. The Morgan fingerprint density at radius 1 is 1.21 bits per heavy atom. The fourth-order valence-corrected chi connectivity index (χ4v) is 1.17. The van der Waals surface area contributed by atoms with Gasteiger partial charge in [0.05, 0.1) is 11.3 Å². The summed E-state index contributed by atoms with van der Waals surface area (Å²) in [5.41, 5.74) is 9.99. The average molecular weight is 195 g/mol. The first-order chi connectivity index (χ1) is 6.37. The second-order valence-electron chi connectivity index (χ2n) is 2.84. The number of carbonyl (C=O) groups is 2. The molecule has 0 aromatic rings. The van der Waals surface area contributed by atoms with Crippen LogP contribution in [0.3, 0.4) is 0 Å². The van der Waals surface area contributed by atoms with E-state index < -0.39 is 17.3 Å². The van der Waals surface area contributed by atoms with E-state index in [0.717, 1.165) is 0 Å². The molecule has 1 aliphatic rings. The van der Waals surface area contributed by atoms with Crippen LogP contribution < -0.4 is 11.5 Å². The molecule has 0 amide bonds. The lowest BCUT2D eigenvalue weighted by molar-refractivity contribution is -0.388. The number of hydroxylamine groups is 1. The zero-order valence-electron chi connectivity index (χ0n) is 7.53. The highest BCUT2D eigenvalue weighted by atomic mass is 16.5. The first-order valence-electron chi connectivity index (χ1n) is 3.71. The Kier molecular flexibility index (Phi) is 2.13. The highest BCUT2D eigenvalue weighted by Gasteiger charge is 2.34. The van der Waals surface area contributed by atoms with E-state index in [1.807, 2.05) is 0 Å². The van der Waals surface area contributed by atoms with Gasteiger partial charge in [0.2, 0.25) is 5.70 Å². The molecule has 14 heavy (non-hydrogen) atoms. The van der Waals surface area contributed by atoms with Gasteiger partial charge in [-0.15, -0.1) is 0 Å². The number of hydrogen-bond acceptors (Lipinski definition) is 5. The smallest absolute Gasteiger partial charge is 0.257 e. The van der Waals surface area contributed by atoms with Crippen LogP contribution in [0.25, 0.3) is 0 Å². The summed E-state index contributed by atoms with van der Waals surface area (Å²) in [5, 5.41) is 10.9. The monoisotopic (exact) mass is 195 g/mol. The molecule has 0 aliphatic heterocycles. The summed E-state index contributed by atoms with van der Waals surface area (Å²) in [6, 6.07) is 0. The van der Waals surface area contributed by atoms with Gasteiger partial charge in [-0.1, -0.05) is 0 Å². The van der Waals surface area contributed by atoms with Crippen LogP contribution >= 0.6 is 0 Å². The normalized spacial score (nSPS) is 17.8. The summed E-state index contributed by atoms with van der Waals surface area (Å²) in [5.74, 6) is -1.85. The van der Waals surface area contributed by atoms with Crippen molar-refractivity contribution in [3.8, 4) is 0 Å². The van der Waals surface area contributed by atoms with Crippen molar-refractivity contribution < 1.29 is 14.3 Å². The third-order valence-electron chi connectivity index (χ3n) is 1.96. The van der Waals surface area contributed by atoms with Gasteiger partial charge in [-0.25, -0.2) is 0 Å². The van der Waals surface area contributed by atoms with Crippen molar-refractivity contribution in [2.24, 2.45) is 11.5 Å². The first-order valence-corrected chi connectivity index (χ1v) is 3.71. The van der Waals surface area contributed by atoms with Gasteiger partial charge < -0.3 is 16.7 Å². The molecule has 0 heterocycles. The molecule has 0 aromatic carbocycles. The van der Waals surface area contributed by atoms with Gasteiger partial charge in [0.1, 0.15) is 6.72 Å². The van der Waals surface area contributed by atoms with Gasteiger partial charge in [0, 0.05) is 0 Å². The van der Waals surface area contributed by atoms with E-state index in [1.165, 1.54) is 6.92 Å². The van der Waals surface area contributed by atoms with Crippen molar-refractivity contribution in [3.63, 3.8) is 0 Å². The summed E-state index contributed by atoms with van der Waals surface area (Å²) in [6.45, 7) is 4.47. The van der Waals surface area contributed by atoms with Gasteiger partial charge in [0.25, 0.3) is 11.6 Å². The summed E-state index contributed by atoms with van der Waals surface area (Å²) >= 11 is 0. The van der Waals surface area contributed by atoms with Crippen molar-refractivity contribution in [3.05, 3.63) is 27.9 Å². The van der Waals surface area contributed by atoms with Crippen LogP contribution in [0.2, 0.25) is 0 Å². The zero-order chi connectivity index (χ0) is 11.0. The molecular formula is C8H9N3O3. The van der Waals surface area contributed by atoms with Crippen LogP contribution in [0.15, 0.2) is 22.7 Å². The molecule has 0 aromatic heterocycles. The molecule has 74 valence electrons. The standard InChI is InChI=1S/C8H9N3O3/c1-3-4(9)7(12)8(13)5(10)6(3)11(2)14/h2,9-10H2,1H3. The molecule has 1 aliphatic carbocycles. The summed E-state index contributed by atoms with van der Waals surface area (Å²) in [7, 11) is 0. The largest absolute Gasteiger partial charge is 0.619 e. The maximum absolute atomic E-state index is 11.2. The lowest BCUT2D eigenvalue weighted by Gasteiger charge is -2.15. The number of hydrogen-bond donors (Lipinski definition) is 2. The lowest BCUT2D eigenvalue weighted by Crippen LogP contribution is -2.34. The fraction of sp³-hybridized carbons (Fsp3) is 0.125. The van der Waals surface area contributed by atoms with Crippen LogP contribution in [0.5, 0.6) is 0 Å². The summed E-state index contributed by atoms with van der Waals surface area (Å²) < 4.78 is 0.169. The van der Waals surface area contributed by atoms with E-state index >= 15 is 0 Å². The van der Waals surface area contributed by atoms with Gasteiger partial charge >= 0.3 is 0 Å². The van der Waals surface area contributed by atoms with E-state index in [0.29, 0.717) is 0 Å². The van der Waals surface area contributed by atoms with E-state index in [9.17, 15) is 14.8 Å². The SMILES string of the molecule is C=[N+]([O-])C1=C(N)C(=O)C(=O)C(N)=C1C. The zero-order valence-corrected chi connectivity index (χ0v) is 7.53. The minimum Gasteiger partial charge on any atom is -0.619 e. The summed E-state index contributed by atoms with van der Waals surface area (Å²) in [4.78, 5) is 22.3. The highest BCUT2D eigenvalue weighted by molar-refractivity contribution is 6.49. The van der Waals surface area contributed by atoms with Crippen molar-refractivity contribution in [2.75, 3.05) is 0 Å². The second-order valence-corrected chi connectivity index (χ2v) is 2.84. The van der Waals surface area contributed by atoms with E-state index in [2.05, 4.69) is 6.72 Å². The van der Waals surface area contributed by atoms with Gasteiger partial charge in [-0.2, -0.15) is 4.74 Å². The van der Waals surface area contributed by atoms with Crippen molar-refractivity contribution in [1.82, 2.24) is 0 Å². The molecule has 0 spiro atoms. The van der Waals surface area contributed by atoms with Crippen LogP contribution in [-0.4, -0.2) is 23.0 Å². The number of nitrogens with zero attached hydrogens (tertiary/aromatic N) is 1. The predicted molar refractivity (Wildman–Crippen MR) is 48.9 cm³/mol. The quantitative estimate of drug-likeness (QED) is 0.135. The van der Waals surface area contributed by atoms with E-state index in [-0.39, 0.29) is 21.7 Å². The van der Waals surface area contributed by atoms with Crippen LogP contribution in [0.1, 0.15) is 6.92 Å². The minimum absolute atomic E-state index is 0.146. The third kappa shape index (κ3) is 1.17. The number of ketones is 2. The molecule has 0 bridgehead atoms. The number of allylic oxidation sites excluding steroid dienone is 3. The average Bonchev–Trinajstić information content (AvgIpc) is 2.11. The molecule has 0 fully saturated rings. The number of nitrogens with two attached hydrogens (primary N) is 2. The Balaban J connectivity index is 3.48. The maximum Gasteiger partial charge on any atom is 0.257 e. The highest BCUT2D eigenvalue weighted by Crippen LogP contribution is 2.20. The summed E-state index contributed by atoms with van der Waals surface area (Å²) in [6.07, 6.45) is 0. The predicted octanol–water partition coefficient (Wildman–Crippen LogP) is -1.25. The maximum atomic E-state index is 11.2. The Bertz CT molecular complexity index is 418. The molecular weight excluding hydrogens is 186 g/mol. The Hall–Kier alpha value is -2.11. The van der Waals surface area contributed by atoms with Crippen molar-refractivity contribution in [1.29, 1.82) is 0 Å². The topological polar surface area (TPSA) is 112 Å². The van der Waals surface area contributed by atoms with Crippen molar-refractivity contribution >= 4 is 18.3 Å². The Morgan fingerprint density at radius 2 is 1.64 bits per heavy atom. The molecule has 0 unspecified atom stereocenters. The number of rotatable bonds is 1. The van der Waals surface area contributed by atoms with E-state index in [4.69, 9.17) is 11.5 Å². The third-order valence-corrected chi connectivity index (χ3v) is 1.96. The Labute approximate surface area is 79.8 Å².